The first-order valence-electron chi connectivity index (χ1n) is 0. The Balaban J connectivity index is 0. The Kier molecular flexibility index (Phi) is 440. The third-order valence-electron chi connectivity index (χ3n) is 0. The Bertz CT molecular complexity index is 17.8. The van der Waals surface area contributed by atoms with Gasteiger partial charge in [0.25, 0.3) is 0 Å². The summed E-state index contributed by atoms with van der Waals surface area (Å²) in [5, 5.41) is 0. The van der Waals surface area contributed by atoms with Crippen LogP contribution in [0.25, 0.3) is 0 Å². The van der Waals surface area contributed by atoms with Gasteiger partial charge >= 0.3 is 81.7 Å². The number of hydrogen-bond acceptors (Lipinski definition) is 0. The van der Waals surface area contributed by atoms with Crippen molar-refractivity contribution in [2.45, 2.75) is 0 Å². The second-order valence-electron chi connectivity index (χ2n) is 0. The van der Waals surface area contributed by atoms with E-state index in [0.29, 0.717) is 0 Å². The quantitative estimate of drug-likeness (QED) is 0.319. The van der Waals surface area contributed by atoms with Crippen molar-refractivity contribution in [1.29, 1.82) is 0 Å². The fraction of sp³-hybridized carbons (Fsp3) is 0. The van der Waals surface area contributed by atoms with E-state index in [-0.39, 0.29) is 253 Å². The molecule has 0 heterocycles. The van der Waals surface area contributed by atoms with Gasteiger partial charge in [-0.05, 0) is 0 Å². The van der Waals surface area contributed by atoms with Crippen LogP contribution in [0, 0.1) is 236 Å². The van der Waals surface area contributed by atoms with Crippen molar-refractivity contribution in [2.24, 2.45) is 0 Å². The maximum atomic E-state index is 0. The summed E-state index contributed by atoms with van der Waals surface area (Å²) >= 11 is 0. The van der Waals surface area contributed by atoms with Crippen molar-refractivity contribution in [3.63, 3.8) is 0 Å². The van der Waals surface area contributed by atoms with Crippen molar-refractivity contribution in [2.75, 3.05) is 0 Å². The molecule has 0 atom stereocenters. The maximum absolute atomic E-state index is 0. The summed E-state index contributed by atoms with van der Waals surface area (Å²) in [6, 6.07) is 0. The van der Waals surface area contributed by atoms with Crippen LogP contribution in [0.5, 0.6) is 0 Å². The normalized spacial score (nSPS) is 0. The van der Waals surface area contributed by atoms with E-state index in [0.717, 1.165) is 0 Å². The van der Waals surface area contributed by atoms with Crippen LogP contribution in [0.15, 0.2) is 0 Å². The first-order valence-corrected chi connectivity index (χ1v) is 0. The smallest absolute Gasteiger partial charge is 2.00 e. The standard InChI is InChI=1S/2Ce.2La.2Nd.3O/q;;;;2*+3;3*-2. The Labute approximate surface area is 244 Å². The summed E-state index contributed by atoms with van der Waals surface area (Å²) in [6.45, 7) is 0. The van der Waals surface area contributed by atoms with Gasteiger partial charge in [-0.1, -0.05) is 0 Å². The van der Waals surface area contributed by atoms with Gasteiger partial charge < -0.3 is 16.4 Å². The molecule has 0 aliphatic carbocycles. The third-order valence-corrected chi connectivity index (χ3v) is 0. The van der Waals surface area contributed by atoms with Crippen LogP contribution in [0.1, 0.15) is 0 Å². The molecular formula is Ce2La2Nd2O3. The zero-order valence-electron chi connectivity index (χ0n) is 4.38. The van der Waals surface area contributed by atoms with Gasteiger partial charge in [-0.25, -0.2) is 0 Å². The van der Waals surface area contributed by atoms with Gasteiger partial charge in [-0.2, -0.15) is 0 Å². The molecule has 0 amide bonds. The zero-order valence-corrected chi connectivity index (χ0v) is 24.3. The average molecular weight is 895 g/mol. The minimum atomic E-state index is 0. The molecule has 0 aliphatic heterocycles. The Morgan fingerprint density at radius 1 is 0.444 bits per heavy atom. The predicted molar refractivity (Wildman–Crippen MR) is 2.06 cm³/mol. The van der Waals surface area contributed by atoms with Gasteiger partial charge in [0.05, 0.1) is 0 Å². The van der Waals surface area contributed by atoms with Gasteiger partial charge in [0.1, 0.15) is 0 Å². The monoisotopic (exact) mass is 889 g/mol. The van der Waals surface area contributed by atoms with E-state index in [9.17, 15) is 0 Å². The van der Waals surface area contributed by atoms with Crippen LogP contribution in [0.2, 0.25) is 0 Å². The van der Waals surface area contributed by atoms with Crippen LogP contribution < -0.4 is 0 Å². The number of hydrogen-bond donors (Lipinski definition) is 0. The first-order chi connectivity index (χ1) is 0. The Morgan fingerprint density at radius 2 is 0.444 bits per heavy atom. The molecule has 0 saturated carbocycles. The van der Waals surface area contributed by atoms with Crippen molar-refractivity contribution in [3.8, 4) is 0 Å². The fourth-order valence-corrected chi connectivity index (χ4v) is 0. The SMILES string of the molecule is [Ce].[Ce].[La].[La].[Nd+3].[Nd+3].[O-2].[O-2].[O-2]. The molecule has 0 bridgehead atoms. The van der Waals surface area contributed by atoms with E-state index in [4.69, 9.17) is 0 Å². The van der Waals surface area contributed by atoms with Crippen molar-refractivity contribution in [1.82, 2.24) is 0 Å². The van der Waals surface area contributed by atoms with Crippen molar-refractivity contribution < 1.29 is 253 Å². The predicted octanol–water partition coefficient (Wildman–Crippen LogP) is -0.356. The average Bonchev–Trinajstić information content (AvgIpc) is 0. The van der Waals surface area contributed by atoms with E-state index in [1.807, 2.05) is 0 Å². The molecule has 0 saturated heterocycles. The number of rotatable bonds is 0. The molecule has 3 nitrogen and oxygen atoms in total. The van der Waals surface area contributed by atoms with Crippen LogP contribution in [-0.4, -0.2) is 0 Å². The minimum Gasteiger partial charge on any atom is -2.00 e. The maximum Gasteiger partial charge on any atom is 3.00 e. The van der Waals surface area contributed by atoms with E-state index in [2.05, 4.69) is 0 Å². The Hall–Kier alpha value is 7.72. The summed E-state index contributed by atoms with van der Waals surface area (Å²) in [4.78, 5) is 0. The molecule has 0 aromatic carbocycles. The fourth-order valence-electron chi connectivity index (χ4n) is 0. The minimum absolute atomic E-state index is 0. The Morgan fingerprint density at radius 3 is 0.444 bits per heavy atom. The molecule has 4 radical (unpaired) electrons. The molecule has 9 heavy (non-hydrogen) atoms. The molecule has 9 heteroatoms. The third kappa shape index (κ3) is 49.6. The molecule has 0 spiro atoms. The van der Waals surface area contributed by atoms with Gasteiger partial charge in [0.2, 0.25) is 0 Å². The van der Waals surface area contributed by atoms with Crippen molar-refractivity contribution >= 4 is 0 Å². The second kappa shape index (κ2) is 57.1. The topological polar surface area (TPSA) is 85.5 Å². The van der Waals surface area contributed by atoms with Gasteiger partial charge in [-0.3, -0.25) is 0 Å². The van der Waals surface area contributed by atoms with Gasteiger partial charge in [0, 0.05) is 155 Å². The molecular weight excluding hydrogens is 895 g/mol. The van der Waals surface area contributed by atoms with E-state index in [1.165, 1.54) is 0 Å². The second-order valence-corrected chi connectivity index (χ2v) is 0. The summed E-state index contributed by atoms with van der Waals surface area (Å²) in [7, 11) is 0. The molecule has 0 fully saturated rings. The molecule has 0 N–H and O–H groups in total. The van der Waals surface area contributed by atoms with E-state index >= 15 is 0 Å². The summed E-state index contributed by atoms with van der Waals surface area (Å²) < 4.78 is 0. The molecule has 0 aliphatic rings. The van der Waals surface area contributed by atoms with Crippen LogP contribution in [0.4, 0.5) is 0 Å². The van der Waals surface area contributed by atoms with E-state index < -0.39 is 0 Å². The molecule has 0 rings (SSSR count). The largest absolute Gasteiger partial charge is 3.00 e. The van der Waals surface area contributed by atoms with Crippen LogP contribution in [0.3, 0.4) is 0 Å². The molecule has 0 aromatic heterocycles. The van der Waals surface area contributed by atoms with Gasteiger partial charge in [0.15, 0.2) is 0 Å². The zero-order chi connectivity index (χ0) is 0. The first kappa shape index (κ1) is 69.3. The molecule has 0 aromatic rings. The van der Waals surface area contributed by atoms with Crippen molar-refractivity contribution in [3.05, 3.63) is 0 Å². The summed E-state index contributed by atoms with van der Waals surface area (Å²) in [5.41, 5.74) is 0. The van der Waals surface area contributed by atoms with Crippen LogP contribution >= 0.6 is 0 Å². The summed E-state index contributed by atoms with van der Waals surface area (Å²) in [6.07, 6.45) is 0. The van der Waals surface area contributed by atoms with Crippen LogP contribution in [-0.2, 0) is 16.4 Å². The van der Waals surface area contributed by atoms with Gasteiger partial charge in [-0.15, -0.1) is 0 Å². The molecule has 40 valence electrons. The summed E-state index contributed by atoms with van der Waals surface area (Å²) in [5.74, 6) is 0. The van der Waals surface area contributed by atoms with E-state index in [1.54, 1.807) is 0 Å². The molecule has 0 unspecified atom stereocenters.